The topological polar surface area (TPSA) is 104 Å². The average Bonchev–Trinajstić information content (AvgIpc) is 2.88. The fourth-order valence-electron chi connectivity index (χ4n) is 3.85. The maximum Gasteiger partial charge on any atom is 0.352 e. The number of carbonyl (C=O) groups is 1. The molecule has 2 N–H and O–H groups in total. The summed E-state index contributed by atoms with van der Waals surface area (Å²) in [5.41, 5.74) is 7.85. The van der Waals surface area contributed by atoms with E-state index in [2.05, 4.69) is 6.07 Å². The number of fused-ring (bicyclic) bond motifs is 1. The second-order valence-electron chi connectivity index (χ2n) is 8.15. The Kier molecular flexibility index (Phi) is 7.40. The number of allylic oxidation sites excluding steroid dienone is 1. The number of esters is 1. The molecule has 0 amide bonds. The molecule has 2 unspecified atom stereocenters. The molecule has 184 valence electrons. The molecule has 0 saturated carbocycles. The lowest BCUT2D eigenvalue weighted by molar-refractivity contribution is -0.141. The van der Waals surface area contributed by atoms with Crippen molar-refractivity contribution >= 4 is 5.97 Å². The lowest BCUT2D eigenvalue weighted by Crippen LogP contribution is -2.28. The molecular weight excluding hydrogens is 463 g/mol. The van der Waals surface area contributed by atoms with Crippen LogP contribution in [0.3, 0.4) is 0 Å². The first-order valence-electron chi connectivity index (χ1n) is 11.5. The second kappa shape index (κ2) is 10.8. The van der Waals surface area contributed by atoms with E-state index >= 15 is 0 Å². The van der Waals surface area contributed by atoms with Gasteiger partial charge in [0, 0.05) is 17.2 Å². The van der Waals surface area contributed by atoms with Crippen LogP contribution in [-0.4, -0.2) is 18.7 Å². The number of benzene rings is 3. The summed E-state index contributed by atoms with van der Waals surface area (Å²) in [6.45, 7) is 4.07. The highest BCUT2D eigenvalue weighted by atomic mass is 19.1. The van der Waals surface area contributed by atoms with E-state index in [-0.39, 0.29) is 17.2 Å². The van der Waals surface area contributed by atoms with Crippen LogP contribution in [0, 0.1) is 17.1 Å². The maximum atomic E-state index is 13.1. The van der Waals surface area contributed by atoms with Crippen molar-refractivity contribution in [2.24, 2.45) is 5.73 Å². The van der Waals surface area contributed by atoms with E-state index in [4.69, 9.17) is 24.7 Å². The first kappa shape index (κ1) is 24.6. The first-order valence-corrected chi connectivity index (χ1v) is 11.5. The van der Waals surface area contributed by atoms with Gasteiger partial charge in [0.05, 0.1) is 12.5 Å². The van der Waals surface area contributed by atoms with Gasteiger partial charge in [-0.15, -0.1) is 0 Å². The summed E-state index contributed by atoms with van der Waals surface area (Å²) in [4.78, 5) is 12.6. The van der Waals surface area contributed by atoms with E-state index in [9.17, 15) is 14.4 Å². The van der Waals surface area contributed by atoms with Gasteiger partial charge in [0.1, 0.15) is 40.5 Å². The number of nitrogens with zero attached hydrogens (tertiary/aromatic N) is 1. The number of carbonyl (C=O) groups excluding carboxylic acids is 1. The maximum absolute atomic E-state index is 13.1. The SMILES string of the molecule is CCCOc1ccccc1C1C(C#N)=C(N)Oc2cc(OC(=O)C(C)Oc3ccc(F)cc3)ccc21. The van der Waals surface area contributed by atoms with Gasteiger partial charge in [-0.05, 0) is 49.7 Å². The van der Waals surface area contributed by atoms with E-state index in [0.29, 0.717) is 29.4 Å². The molecule has 0 fully saturated rings. The summed E-state index contributed by atoms with van der Waals surface area (Å²) in [6.07, 6.45) is -0.113. The minimum atomic E-state index is -0.946. The zero-order chi connectivity index (χ0) is 25.7. The van der Waals surface area contributed by atoms with E-state index in [1.807, 2.05) is 31.2 Å². The smallest absolute Gasteiger partial charge is 0.352 e. The monoisotopic (exact) mass is 488 g/mol. The predicted molar refractivity (Wildman–Crippen MR) is 130 cm³/mol. The minimum Gasteiger partial charge on any atom is -0.493 e. The average molecular weight is 489 g/mol. The quantitative estimate of drug-likeness (QED) is 0.343. The first-order chi connectivity index (χ1) is 17.4. The Hall–Kier alpha value is -4.51. The Bertz CT molecular complexity index is 1330. The zero-order valence-corrected chi connectivity index (χ0v) is 19.9. The number of halogens is 1. The Morgan fingerprint density at radius 2 is 1.83 bits per heavy atom. The van der Waals surface area contributed by atoms with Crippen molar-refractivity contribution in [2.45, 2.75) is 32.3 Å². The molecule has 3 aromatic carbocycles. The molecule has 3 aromatic rings. The van der Waals surface area contributed by atoms with Gasteiger partial charge in [-0.2, -0.15) is 5.26 Å². The number of nitrogens with two attached hydrogens (primary N) is 1. The number of rotatable bonds is 8. The number of para-hydroxylation sites is 1. The standard InChI is InChI=1S/C28H25FN2O5/c1-3-14-33-24-7-5-4-6-21(24)26-22-13-12-20(15-25(22)36-27(31)23(26)16-30)35-28(32)17(2)34-19-10-8-18(29)9-11-19/h4-13,15,17,26H,3,14,31H2,1-2H3. The summed E-state index contributed by atoms with van der Waals surface area (Å²) in [7, 11) is 0. The molecule has 0 bridgehead atoms. The number of nitriles is 1. The molecule has 0 aliphatic carbocycles. The van der Waals surface area contributed by atoms with Gasteiger partial charge in [-0.25, -0.2) is 9.18 Å². The van der Waals surface area contributed by atoms with E-state index in [1.165, 1.54) is 31.2 Å². The van der Waals surface area contributed by atoms with Crippen molar-refractivity contribution in [3.05, 3.63) is 95.1 Å². The summed E-state index contributed by atoms with van der Waals surface area (Å²) in [5.74, 6) is -0.0315. The van der Waals surface area contributed by atoms with Crippen LogP contribution in [-0.2, 0) is 4.79 Å². The summed E-state index contributed by atoms with van der Waals surface area (Å²) >= 11 is 0. The highest BCUT2D eigenvalue weighted by Gasteiger charge is 2.33. The second-order valence-corrected chi connectivity index (χ2v) is 8.15. The van der Waals surface area contributed by atoms with Gasteiger partial charge in [0.15, 0.2) is 6.10 Å². The van der Waals surface area contributed by atoms with Gasteiger partial charge in [-0.1, -0.05) is 31.2 Å². The fourth-order valence-corrected chi connectivity index (χ4v) is 3.85. The molecule has 2 atom stereocenters. The lowest BCUT2D eigenvalue weighted by atomic mass is 9.83. The molecule has 1 aliphatic heterocycles. The Balaban J connectivity index is 1.59. The molecule has 4 rings (SSSR count). The third-order valence-electron chi connectivity index (χ3n) is 5.56. The highest BCUT2D eigenvalue weighted by Crippen LogP contribution is 2.45. The lowest BCUT2D eigenvalue weighted by Gasteiger charge is -2.28. The van der Waals surface area contributed by atoms with Gasteiger partial charge < -0.3 is 24.7 Å². The Morgan fingerprint density at radius 1 is 1.11 bits per heavy atom. The number of ether oxygens (including phenoxy) is 4. The van der Waals surface area contributed by atoms with Crippen LogP contribution >= 0.6 is 0 Å². The van der Waals surface area contributed by atoms with E-state index in [1.54, 1.807) is 18.2 Å². The molecule has 0 saturated heterocycles. The van der Waals surface area contributed by atoms with Crippen LogP contribution in [0.15, 0.2) is 78.2 Å². The third kappa shape index (κ3) is 5.26. The van der Waals surface area contributed by atoms with Gasteiger partial charge in [0.2, 0.25) is 5.88 Å². The van der Waals surface area contributed by atoms with Crippen LogP contribution in [0.5, 0.6) is 23.0 Å². The van der Waals surface area contributed by atoms with Gasteiger partial charge in [-0.3, -0.25) is 0 Å². The van der Waals surface area contributed by atoms with Crippen molar-refractivity contribution in [3.8, 4) is 29.1 Å². The largest absolute Gasteiger partial charge is 0.493 e. The Morgan fingerprint density at radius 3 is 2.56 bits per heavy atom. The zero-order valence-electron chi connectivity index (χ0n) is 19.9. The van der Waals surface area contributed by atoms with Crippen molar-refractivity contribution in [2.75, 3.05) is 6.61 Å². The molecule has 0 aromatic heterocycles. The van der Waals surface area contributed by atoms with Crippen molar-refractivity contribution in [1.29, 1.82) is 5.26 Å². The predicted octanol–water partition coefficient (Wildman–Crippen LogP) is 5.21. The van der Waals surface area contributed by atoms with Crippen LogP contribution in [0.4, 0.5) is 4.39 Å². The molecule has 1 heterocycles. The molecule has 7 nitrogen and oxygen atoms in total. The molecule has 0 spiro atoms. The van der Waals surface area contributed by atoms with Gasteiger partial charge >= 0.3 is 5.97 Å². The van der Waals surface area contributed by atoms with Crippen LogP contribution < -0.4 is 24.7 Å². The third-order valence-corrected chi connectivity index (χ3v) is 5.56. The summed E-state index contributed by atoms with van der Waals surface area (Å²) < 4.78 is 35.8. The number of hydrogen-bond acceptors (Lipinski definition) is 7. The van der Waals surface area contributed by atoms with Gasteiger partial charge in [0.25, 0.3) is 0 Å². The van der Waals surface area contributed by atoms with Crippen LogP contribution in [0.25, 0.3) is 0 Å². The fraction of sp³-hybridized carbons (Fsp3) is 0.214. The Labute approximate surface area is 208 Å². The summed E-state index contributed by atoms with van der Waals surface area (Å²) in [6, 6.07) is 19.9. The molecule has 36 heavy (non-hydrogen) atoms. The van der Waals surface area contributed by atoms with E-state index < -0.39 is 23.8 Å². The number of hydrogen-bond donors (Lipinski definition) is 1. The van der Waals surface area contributed by atoms with Crippen molar-refractivity contribution in [3.63, 3.8) is 0 Å². The molecule has 0 radical (unpaired) electrons. The van der Waals surface area contributed by atoms with Crippen LogP contribution in [0.2, 0.25) is 0 Å². The molecule has 8 heteroatoms. The normalized spacial score (nSPS) is 15.2. The van der Waals surface area contributed by atoms with Crippen LogP contribution in [0.1, 0.15) is 37.3 Å². The highest BCUT2D eigenvalue weighted by molar-refractivity contribution is 5.77. The molecular formula is C28H25FN2O5. The van der Waals surface area contributed by atoms with Crippen molar-refractivity contribution in [1.82, 2.24) is 0 Å². The summed E-state index contributed by atoms with van der Waals surface area (Å²) in [5, 5.41) is 9.84. The van der Waals surface area contributed by atoms with Crippen molar-refractivity contribution < 1.29 is 28.1 Å². The van der Waals surface area contributed by atoms with E-state index in [0.717, 1.165) is 12.0 Å². The minimum absolute atomic E-state index is 0.0308. The molecule has 1 aliphatic rings.